The summed E-state index contributed by atoms with van der Waals surface area (Å²) in [6.45, 7) is 4.00. The van der Waals surface area contributed by atoms with Crippen LogP contribution in [0.25, 0.3) is 0 Å². The zero-order chi connectivity index (χ0) is 16.1. The van der Waals surface area contributed by atoms with Gasteiger partial charge in [-0.25, -0.2) is 4.98 Å². The van der Waals surface area contributed by atoms with Gasteiger partial charge in [-0.2, -0.15) is 0 Å². The van der Waals surface area contributed by atoms with Gasteiger partial charge in [0.25, 0.3) is 0 Å². The smallest absolute Gasteiger partial charge is 0.228 e. The first-order valence-corrected chi connectivity index (χ1v) is 8.19. The summed E-state index contributed by atoms with van der Waals surface area (Å²) in [5.74, 6) is 0.0238. The molecule has 0 aliphatic heterocycles. The summed E-state index contributed by atoms with van der Waals surface area (Å²) in [4.78, 5) is 19.8. The van der Waals surface area contributed by atoms with Gasteiger partial charge in [0.1, 0.15) is 0 Å². The van der Waals surface area contributed by atoms with Gasteiger partial charge in [-0.3, -0.25) is 4.79 Å². The third-order valence-corrected chi connectivity index (χ3v) is 4.69. The number of aliphatic hydroxyl groups is 1. The minimum absolute atomic E-state index is 0.0238. The number of thiazole rings is 1. The van der Waals surface area contributed by atoms with Gasteiger partial charge in [0.15, 0.2) is 0 Å². The fourth-order valence-electron chi connectivity index (χ4n) is 2.56. The summed E-state index contributed by atoms with van der Waals surface area (Å²) in [7, 11) is 1.80. The number of aliphatic hydroxyl groups excluding tert-OH is 1. The Morgan fingerprint density at radius 2 is 2.00 bits per heavy atom. The quantitative estimate of drug-likeness (QED) is 0.891. The van der Waals surface area contributed by atoms with Crippen LogP contribution in [0.4, 0.5) is 0 Å². The molecule has 1 amide bonds. The Bertz CT molecular complexity index is 625. The van der Waals surface area contributed by atoms with Crippen molar-refractivity contribution in [3.8, 4) is 0 Å². The minimum atomic E-state index is -0.112. The average molecular weight is 318 g/mol. The van der Waals surface area contributed by atoms with E-state index in [0.29, 0.717) is 12.8 Å². The highest BCUT2D eigenvalue weighted by Gasteiger charge is 2.22. The number of hydrogen-bond acceptors (Lipinski definition) is 4. The van der Waals surface area contributed by atoms with Crippen LogP contribution in [0.3, 0.4) is 0 Å². The molecule has 1 N–H and O–H groups in total. The molecular weight excluding hydrogens is 296 g/mol. The molecule has 1 aromatic heterocycles. The highest BCUT2D eigenvalue weighted by molar-refractivity contribution is 7.11. The third kappa shape index (κ3) is 3.93. The van der Waals surface area contributed by atoms with Gasteiger partial charge in [0.2, 0.25) is 5.91 Å². The van der Waals surface area contributed by atoms with E-state index in [-0.39, 0.29) is 18.6 Å². The minimum Gasteiger partial charge on any atom is -0.396 e. The summed E-state index contributed by atoms with van der Waals surface area (Å²) in [6, 6.07) is 9.71. The molecule has 1 aromatic carbocycles. The lowest BCUT2D eigenvalue weighted by molar-refractivity contribution is -0.131. The Balaban J connectivity index is 2.14. The van der Waals surface area contributed by atoms with Crippen LogP contribution >= 0.6 is 11.3 Å². The highest BCUT2D eigenvalue weighted by atomic mass is 32.1. The van der Waals surface area contributed by atoms with Crippen molar-refractivity contribution in [3.05, 3.63) is 51.5 Å². The van der Waals surface area contributed by atoms with Gasteiger partial charge in [-0.1, -0.05) is 30.3 Å². The Morgan fingerprint density at radius 1 is 1.32 bits per heavy atom. The lowest BCUT2D eigenvalue weighted by Gasteiger charge is -2.28. The Labute approximate surface area is 135 Å². The van der Waals surface area contributed by atoms with Crippen LogP contribution in [0.5, 0.6) is 0 Å². The second-order valence-electron chi connectivity index (χ2n) is 5.36. The predicted octanol–water partition coefficient (Wildman–Crippen LogP) is 2.88. The van der Waals surface area contributed by atoms with Crippen LogP contribution in [0.15, 0.2) is 30.3 Å². The molecule has 0 spiro atoms. The molecular formula is C17H22N2O2S. The first-order chi connectivity index (χ1) is 10.5. The predicted molar refractivity (Wildman–Crippen MR) is 88.9 cm³/mol. The monoisotopic (exact) mass is 318 g/mol. The molecule has 0 radical (unpaired) electrons. The Morgan fingerprint density at radius 3 is 2.55 bits per heavy atom. The summed E-state index contributed by atoms with van der Waals surface area (Å²) in [5, 5.41) is 10.3. The van der Waals surface area contributed by atoms with Crippen LogP contribution in [0, 0.1) is 13.8 Å². The second-order valence-corrected chi connectivity index (χ2v) is 6.76. The van der Waals surface area contributed by atoms with E-state index in [4.69, 9.17) is 0 Å². The maximum Gasteiger partial charge on any atom is 0.228 e. The van der Waals surface area contributed by atoms with Crippen LogP contribution < -0.4 is 0 Å². The second kappa shape index (κ2) is 7.51. The molecule has 118 valence electrons. The number of amides is 1. The van der Waals surface area contributed by atoms with Crippen LogP contribution in [0.1, 0.15) is 33.6 Å². The molecule has 1 atom stereocenters. The number of aryl methyl sites for hydroxylation is 2. The molecule has 2 aromatic rings. The van der Waals surface area contributed by atoms with Gasteiger partial charge in [-0.15, -0.1) is 11.3 Å². The maximum absolute atomic E-state index is 12.6. The van der Waals surface area contributed by atoms with E-state index >= 15 is 0 Å². The largest absolute Gasteiger partial charge is 0.396 e. The van der Waals surface area contributed by atoms with Crippen molar-refractivity contribution in [1.82, 2.24) is 9.88 Å². The Kier molecular flexibility index (Phi) is 5.69. The fourth-order valence-corrected chi connectivity index (χ4v) is 3.39. The van der Waals surface area contributed by atoms with E-state index < -0.39 is 0 Å². The lowest BCUT2D eigenvalue weighted by atomic mass is 10.0. The number of rotatable bonds is 6. The molecule has 0 aliphatic rings. The van der Waals surface area contributed by atoms with Gasteiger partial charge >= 0.3 is 0 Å². The number of hydrogen-bond donors (Lipinski definition) is 1. The van der Waals surface area contributed by atoms with Crippen LogP contribution in [-0.4, -0.2) is 34.6 Å². The van der Waals surface area contributed by atoms with Crippen LogP contribution in [0.2, 0.25) is 0 Å². The molecule has 5 heteroatoms. The molecule has 0 aliphatic carbocycles. The van der Waals surface area contributed by atoms with Crippen molar-refractivity contribution in [2.24, 2.45) is 0 Å². The van der Waals surface area contributed by atoms with Gasteiger partial charge in [-0.05, 0) is 25.8 Å². The van der Waals surface area contributed by atoms with E-state index in [1.54, 1.807) is 23.3 Å². The van der Waals surface area contributed by atoms with Gasteiger partial charge < -0.3 is 10.0 Å². The van der Waals surface area contributed by atoms with Crippen molar-refractivity contribution in [3.63, 3.8) is 0 Å². The summed E-state index contributed by atoms with van der Waals surface area (Å²) >= 11 is 1.62. The molecule has 1 unspecified atom stereocenters. The van der Waals surface area contributed by atoms with E-state index in [0.717, 1.165) is 21.1 Å². The molecule has 0 bridgehead atoms. The zero-order valence-corrected chi connectivity index (χ0v) is 14.1. The number of carbonyl (C=O) groups excluding carboxylic acids is 1. The molecule has 0 fully saturated rings. The highest BCUT2D eigenvalue weighted by Crippen LogP contribution is 2.24. The van der Waals surface area contributed by atoms with Crippen molar-refractivity contribution in [1.29, 1.82) is 0 Å². The summed E-state index contributed by atoms with van der Waals surface area (Å²) < 4.78 is 0. The van der Waals surface area contributed by atoms with Gasteiger partial charge in [0.05, 0.1) is 23.2 Å². The number of likely N-dealkylation sites (N-methyl/N-ethyl adjacent to an activating group) is 1. The van der Waals surface area contributed by atoms with E-state index in [9.17, 15) is 9.90 Å². The molecule has 0 saturated carbocycles. The van der Waals surface area contributed by atoms with Crippen molar-refractivity contribution in [2.75, 3.05) is 13.7 Å². The standard InChI is InChI=1S/C17H22N2O2S/c1-12-15(18-13(2)22-12)11-17(21)19(3)16(9-10-20)14-7-5-4-6-8-14/h4-8,16,20H,9-11H2,1-3H3. The molecule has 22 heavy (non-hydrogen) atoms. The SMILES string of the molecule is Cc1nc(CC(=O)N(C)C(CCO)c2ccccc2)c(C)s1. The first-order valence-electron chi connectivity index (χ1n) is 7.37. The third-order valence-electron chi connectivity index (χ3n) is 3.77. The normalized spacial score (nSPS) is 12.2. The first kappa shape index (κ1) is 16.6. The van der Waals surface area contributed by atoms with Gasteiger partial charge in [0, 0.05) is 18.5 Å². The maximum atomic E-state index is 12.6. The fraction of sp³-hybridized carbons (Fsp3) is 0.412. The molecule has 0 saturated heterocycles. The number of benzene rings is 1. The molecule has 2 rings (SSSR count). The van der Waals surface area contributed by atoms with Crippen molar-refractivity contribution in [2.45, 2.75) is 32.7 Å². The molecule has 1 heterocycles. The van der Waals surface area contributed by atoms with E-state index in [1.807, 2.05) is 44.2 Å². The zero-order valence-electron chi connectivity index (χ0n) is 13.2. The molecule has 4 nitrogen and oxygen atoms in total. The summed E-state index contributed by atoms with van der Waals surface area (Å²) in [6.07, 6.45) is 0.836. The number of nitrogens with zero attached hydrogens (tertiary/aromatic N) is 2. The van der Waals surface area contributed by atoms with E-state index in [1.165, 1.54) is 0 Å². The van der Waals surface area contributed by atoms with Crippen molar-refractivity contribution >= 4 is 17.2 Å². The number of carbonyl (C=O) groups is 1. The van der Waals surface area contributed by atoms with Crippen molar-refractivity contribution < 1.29 is 9.90 Å². The van der Waals surface area contributed by atoms with E-state index in [2.05, 4.69) is 4.98 Å². The lowest BCUT2D eigenvalue weighted by Crippen LogP contribution is -2.33. The summed E-state index contributed by atoms with van der Waals surface area (Å²) in [5.41, 5.74) is 1.90. The average Bonchev–Trinajstić information content (AvgIpc) is 2.82. The van der Waals surface area contributed by atoms with Crippen LogP contribution in [-0.2, 0) is 11.2 Å². The number of aromatic nitrogens is 1. The Hall–Kier alpha value is -1.72. The topological polar surface area (TPSA) is 53.4 Å².